The van der Waals surface area contributed by atoms with E-state index in [9.17, 15) is 9.59 Å². The standard InChI is InChI=1S/C18H24O4/c1-14(19)12-17(20)10-9-15-5-7-16(8-6-15)13-22-18-4-2-3-11-21-18/h5-8,18H,2-4,9-13H2,1H3. The molecule has 22 heavy (non-hydrogen) atoms. The number of hydrogen-bond donors (Lipinski definition) is 0. The highest BCUT2D eigenvalue weighted by atomic mass is 16.7. The highest BCUT2D eigenvalue weighted by molar-refractivity contribution is 5.97. The maximum Gasteiger partial charge on any atom is 0.158 e. The molecule has 1 aromatic rings. The summed E-state index contributed by atoms with van der Waals surface area (Å²) in [6.07, 6.45) is 4.33. The molecule has 1 aliphatic rings. The number of benzene rings is 1. The lowest BCUT2D eigenvalue weighted by atomic mass is 10.0. The first kappa shape index (κ1) is 16.8. The molecule has 120 valence electrons. The molecule has 1 saturated heterocycles. The van der Waals surface area contributed by atoms with E-state index >= 15 is 0 Å². The molecular weight excluding hydrogens is 280 g/mol. The molecule has 1 unspecified atom stereocenters. The quantitative estimate of drug-likeness (QED) is 0.692. The average molecular weight is 304 g/mol. The zero-order valence-electron chi connectivity index (χ0n) is 13.2. The van der Waals surface area contributed by atoms with Crippen LogP contribution in [0.1, 0.15) is 50.2 Å². The maximum absolute atomic E-state index is 11.5. The third kappa shape index (κ3) is 6.08. The van der Waals surface area contributed by atoms with Gasteiger partial charge in [-0.3, -0.25) is 9.59 Å². The number of ether oxygens (including phenoxy) is 2. The van der Waals surface area contributed by atoms with Gasteiger partial charge in [0.25, 0.3) is 0 Å². The van der Waals surface area contributed by atoms with Crippen LogP contribution in [0.3, 0.4) is 0 Å². The number of hydrogen-bond acceptors (Lipinski definition) is 4. The van der Waals surface area contributed by atoms with Crippen LogP contribution in [0.15, 0.2) is 24.3 Å². The van der Waals surface area contributed by atoms with Crippen LogP contribution in [0.4, 0.5) is 0 Å². The summed E-state index contributed by atoms with van der Waals surface area (Å²) in [5.41, 5.74) is 2.21. The molecule has 2 rings (SSSR count). The van der Waals surface area contributed by atoms with Crippen molar-refractivity contribution in [2.24, 2.45) is 0 Å². The van der Waals surface area contributed by atoms with Gasteiger partial charge in [-0.25, -0.2) is 0 Å². The monoisotopic (exact) mass is 304 g/mol. The average Bonchev–Trinajstić information content (AvgIpc) is 2.52. The number of ketones is 2. The summed E-state index contributed by atoms with van der Waals surface area (Å²) >= 11 is 0. The van der Waals surface area contributed by atoms with E-state index in [0.29, 0.717) is 19.4 Å². The van der Waals surface area contributed by atoms with E-state index in [1.54, 1.807) is 0 Å². The molecule has 1 atom stereocenters. The zero-order chi connectivity index (χ0) is 15.8. The van der Waals surface area contributed by atoms with Crippen molar-refractivity contribution in [3.05, 3.63) is 35.4 Å². The van der Waals surface area contributed by atoms with Crippen LogP contribution < -0.4 is 0 Å². The Morgan fingerprint density at radius 3 is 2.55 bits per heavy atom. The fourth-order valence-corrected chi connectivity index (χ4v) is 2.48. The summed E-state index contributed by atoms with van der Waals surface area (Å²) in [7, 11) is 0. The Kier molecular flexibility index (Phi) is 6.74. The minimum atomic E-state index is -0.0716. The first-order valence-corrected chi connectivity index (χ1v) is 7.95. The van der Waals surface area contributed by atoms with Crippen LogP contribution in [0.5, 0.6) is 0 Å². The topological polar surface area (TPSA) is 52.6 Å². The third-order valence-electron chi connectivity index (χ3n) is 3.74. The first-order valence-electron chi connectivity index (χ1n) is 7.95. The smallest absolute Gasteiger partial charge is 0.158 e. The summed E-state index contributed by atoms with van der Waals surface area (Å²) in [6.45, 7) is 2.79. The molecular formula is C18H24O4. The number of carbonyl (C=O) groups is 2. The Morgan fingerprint density at radius 2 is 1.91 bits per heavy atom. The lowest BCUT2D eigenvalue weighted by Crippen LogP contribution is -2.21. The molecule has 0 radical (unpaired) electrons. The molecule has 0 bridgehead atoms. The van der Waals surface area contributed by atoms with E-state index in [4.69, 9.17) is 9.47 Å². The molecule has 1 fully saturated rings. The van der Waals surface area contributed by atoms with Gasteiger partial charge in [0.15, 0.2) is 6.29 Å². The fourth-order valence-electron chi connectivity index (χ4n) is 2.48. The highest BCUT2D eigenvalue weighted by Crippen LogP contribution is 2.16. The second-order valence-corrected chi connectivity index (χ2v) is 5.84. The van der Waals surface area contributed by atoms with Gasteiger partial charge in [0, 0.05) is 13.0 Å². The van der Waals surface area contributed by atoms with Crippen molar-refractivity contribution in [2.45, 2.75) is 58.3 Å². The predicted octanol–water partition coefficient (Wildman–Crippen LogP) is 3.21. The van der Waals surface area contributed by atoms with Crippen LogP contribution in [0, 0.1) is 0 Å². The Morgan fingerprint density at radius 1 is 1.18 bits per heavy atom. The van der Waals surface area contributed by atoms with Crippen LogP contribution in [-0.4, -0.2) is 24.5 Å². The van der Waals surface area contributed by atoms with Gasteiger partial charge in [-0.05, 0) is 43.7 Å². The maximum atomic E-state index is 11.5. The summed E-state index contributed by atoms with van der Waals surface area (Å²) in [4.78, 5) is 22.4. The molecule has 0 spiro atoms. The van der Waals surface area contributed by atoms with Gasteiger partial charge in [-0.1, -0.05) is 24.3 Å². The SMILES string of the molecule is CC(=O)CC(=O)CCc1ccc(COC2CCCCO2)cc1. The number of aryl methyl sites for hydroxylation is 1. The van der Waals surface area contributed by atoms with Crippen molar-refractivity contribution in [2.75, 3.05) is 6.61 Å². The van der Waals surface area contributed by atoms with Crippen LogP contribution in [0.2, 0.25) is 0 Å². The van der Waals surface area contributed by atoms with E-state index in [1.165, 1.54) is 6.92 Å². The number of carbonyl (C=O) groups excluding carboxylic acids is 2. The largest absolute Gasteiger partial charge is 0.353 e. The van der Waals surface area contributed by atoms with Gasteiger partial charge < -0.3 is 9.47 Å². The number of Topliss-reactive ketones (excluding diaryl/α,β-unsaturated/α-hetero) is 2. The summed E-state index contributed by atoms with van der Waals surface area (Å²) < 4.78 is 11.3. The lowest BCUT2D eigenvalue weighted by Gasteiger charge is -2.22. The van der Waals surface area contributed by atoms with Crippen molar-refractivity contribution in [3.63, 3.8) is 0 Å². The minimum absolute atomic E-state index is 0.00866. The van der Waals surface area contributed by atoms with Gasteiger partial charge in [0.1, 0.15) is 11.6 Å². The van der Waals surface area contributed by atoms with Gasteiger partial charge in [-0.2, -0.15) is 0 Å². The van der Waals surface area contributed by atoms with Gasteiger partial charge >= 0.3 is 0 Å². The molecule has 0 amide bonds. The van der Waals surface area contributed by atoms with Crippen LogP contribution in [-0.2, 0) is 32.1 Å². The number of rotatable bonds is 8. The van der Waals surface area contributed by atoms with Crippen LogP contribution in [0.25, 0.3) is 0 Å². The summed E-state index contributed by atoms with van der Waals surface area (Å²) in [5.74, 6) is -0.0585. The zero-order valence-corrected chi connectivity index (χ0v) is 13.2. The van der Waals surface area contributed by atoms with Gasteiger partial charge in [0.05, 0.1) is 13.0 Å². The first-order chi connectivity index (χ1) is 10.6. The van der Waals surface area contributed by atoms with Crippen LogP contribution >= 0.6 is 0 Å². The van der Waals surface area contributed by atoms with E-state index in [0.717, 1.165) is 37.0 Å². The summed E-state index contributed by atoms with van der Waals surface area (Å²) in [6, 6.07) is 8.07. The van der Waals surface area contributed by atoms with E-state index in [2.05, 4.69) is 0 Å². The normalized spacial score (nSPS) is 18.1. The molecule has 0 N–H and O–H groups in total. The van der Waals surface area contributed by atoms with Crippen molar-refractivity contribution in [3.8, 4) is 0 Å². The molecule has 1 aliphatic heterocycles. The molecule has 1 heterocycles. The fraction of sp³-hybridized carbons (Fsp3) is 0.556. The highest BCUT2D eigenvalue weighted by Gasteiger charge is 2.13. The molecule has 4 heteroatoms. The second-order valence-electron chi connectivity index (χ2n) is 5.84. The van der Waals surface area contributed by atoms with Crippen molar-refractivity contribution in [1.82, 2.24) is 0 Å². The summed E-state index contributed by atoms with van der Waals surface area (Å²) in [5, 5.41) is 0. The molecule has 0 aliphatic carbocycles. The Labute approximate surface area is 131 Å². The molecule has 1 aromatic carbocycles. The molecule has 4 nitrogen and oxygen atoms in total. The lowest BCUT2D eigenvalue weighted by molar-refractivity contribution is -0.168. The third-order valence-corrected chi connectivity index (χ3v) is 3.74. The molecule has 0 saturated carbocycles. The second kappa shape index (κ2) is 8.81. The predicted molar refractivity (Wildman–Crippen MR) is 83.4 cm³/mol. The van der Waals surface area contributed by atoms with Gasteiger partial charge in [-0.15, -0.1) is 0 Å². The minimum Gasteiger partial charge on any atom is -0.353 e. The van der Waals surface area contributed by atoms with Crippen molar-refractivity contribution in [1.29, 1.82) is 0 Å². The van der Waals surface area contributed by atoms with Crippen molar-refractivity contribution >= 4 is 11.6 Å². The van der Waals surface area contributed by atoms with E-state index < -0.39 is 0 Å². The Hall–Kier alpha value is -1.52. The molecule has 0 aromatic heterocycles. The Balaban J connectivity index is 1.72. The van der Waals surface area contributed by atoms with Gasteiger partial charge in [0.2, 0.25) is 0 Å². The van der Waals surface area contributed by atoms with E-state index in [-0.39, 0.29) is 24.3 Å². The van der Waals surface area contributed by atoms with E-state index in [1.807, 2.05) is 24.3 Å². The Bertz CT molecular complexity index is 486. The van der Waals surface area contributed by atoms with Crippen molar-refractivity contribution < 1.29 is 19.1 Å².